The van der Waals surface area contributed by atoms with Crippen molar-refractivity contribution in [1.29, 1.82) is 0 Å². The largest absolute Gasteiger partial charge is 0.318 e. The lowest BCUT2D eigenvalue weighted by Crippen LogP contribution is -2.39. The maximum atomic E-state index is 13.5. The Hall–Kier alpha value is -3.59. The minimum absolute atomic E-state index is 0.0101. The summed E-state index contributed by atoms with van der Waals surface area (Å²) in [4.78, 5) is 12.9. The number of hydrogen-bond donors (Lipinski definition) is 1. The van der Waals surface area contributed by atoms with Crippen molar-refractivity contribution < 1.29 is 13.2 Å². The van der Waals surface area contributed by atoms with E-state index in [4.69, 9.17) is 23.2 Å². The molecular formula is C28H26Cl2N4O3S. The third-order valence-electron chi connectivity index (χ3n) is 5.94. The van der Waals surface area contributed by atoms with Crippen LogP contribution in [-0.2, 0) is 14.8 Å². The van der Waals surface area contributed by atoms with Crippen LogP contribution in [0.2, 0.25) is 10.0 Å². The summed E-state index contributed by atoms with van der Waals surface area (Å²) in [5, 5.41) is 4.28. The van der Waals surface area contributed by atoms with E-state index in [1.54, 1.807) is 24.3 Å². The van der Waals surface area contributed by atoms with E-state index in [9.17, 15) is 13.2 Å². The number of nitrogens with zero attached hydrogens (tertiary/aromatic N) is 3. The summed E-state index contributed by atoms with van der Waals surface area (Å²) in [6, 6.07) is 22.5. The zero-order chi connectivity index (χ0) is 27.4. The normalized spacial score (nSPS) is 11.6. The van der Waals surface area contributed by atoms with Gasteiger partial charge in [0.05, 0.1) is 26.8 Å². The number of carbonyl (C=O) groups is 1. The smallest absolute Gasteiger partial charge is 0.264 e. The molecule has 4 aromatic rings. The van der Waals surface area contributed by atoms with Crippen molar-refractivity contribution in [3.63, 3.8) is 0 Å². The van der Waals surface area contributed by atoms with Gasteiger partial charge in [0.25, 0.3) is 15.9 Å². The summed E-state index contributed by atoms with van der Waals surface area (Å²) in [6.45, 7) is 5.44. The van der Waals surface area contributed by atoms with Gasteiger partial charge in [0.2, 0.25) is 0 Å². The highest BCUT2D eigenvalue weighted by molar-refractivity contribution is 7.92. The van der Waals surface area contributed by atoms with E-state index in [1.165, 1.54) is 30.5 Å². The molecule has 0 unspecified atom stereocenters. The molecule has 0 radical (unpaired) electrons. The zero-order valence-electron chi connectivity index (χ0n) is 21.0. The van der Waals surface area contributed by atoms with Crippen molar-refractivity contribution in [2.24, 2.45) is 5.10 Å². The number of sulfonamides is 1. The molecule has 1 N–H and O–H groups in total. The van der Waals surface area contributed by atoms with Crippen LogP contribution in [0.4, 0.5) is 5.69 Å². The Balaban J connectivity index is 1.58. The Bertz CT molecular complexity index is 1620. The molecule has 196 valence electrons. The first-order chi connectivity index (χ1) is 18.1. The van der Waals surface area contributed by atoms with Gasteiger partial charge in [0.15, 0.2) is 0 Å². The van der Waals surface area contributed by atoms with E-state index in [0.717, 1.165) is 32.5 Å². The highest BCUT2D eigenvalue weighted by Crippen LogP contribution is 2.35. The number of aryl methyl sites for hydroxylation is 2. The average Bonchev–Trinajstić information content (AvgIpc) is 3.17. The van der Waals surface area contributed by atoms with Crippen LogP contribution in [0.1, 0.15) is 22.5 Å². The van der Waals surface area contributed by atoms with Gasteiger partial charge in [-0.25, -0.2) is 13.8 Å². The lowest BCUT2D eigenvalue weighted by Gasteiger charge is -2.24. The van der Waals surface area contributed by atoms with Crippen molar-refractivity contribution in [2.45, 2.75) is 25.7 Å². The Kier molecular flexibility index (Phi) is 8.26. The monoisotopic (exact) mass is 568 g/mol. The van der Waals surface area contributed by atoms with Crippen molar-refractivity contribution in [1.82, 2.24) is 9.99 Å². The highest BCUT2D eigenvalue weighted by Gasteiger charge is 2.29. The SMILES string of the molecule is Cc1cccc(-n2c(C)cc(/C=N\NC(=O)CN(c3cccc(Cl)c3Cl)S(=O)(=O)c3ccccc3)c2C)c1. The average molecular weight is 570 g/mol. The van der Waals surface area contributed by atoms with Crippen molar-refractivity contribution in [3.05, 3.63) is 111 Å². The molecule has 1 amide bonds. The van der Waals surface area contributed by atoms with Crippen molar-refractivity contribution in [3.8, 4) is 5.69 Å². The standard InChI is InChI=1S/C28H26Cl2N4O3S/c1-19-9-7-10-23(15-19)34-20(2)16-22(21(34)3)17-31-32-27(35)18-33(26-14-8-13-25(29)28(26)30)38(36,37)24-11-5-4-6-12-24/h4-17H,18H2,1-3H3,(H,32,35)/b31-17-. The van der Waals surface area contributed by atoms with Crippen molar-refractivity contribution in [2.75, 3.05) is 10.8 Å². The van der Waals surface area contributed by atoms with Gasteiger partial charge in [-0.05, 0) is 68.8 Å². The van der Waals surface area contributed by atoms with E-state index in [2.05, 4.69) is 21.2 Å². The Morgan fingerprint density at radius 2 is 1.68 bits per heavy atom. The first kappa shape index (κ1) is 27.4. The molecule has 0 bridgehead atoms. The molecule has 1 heterocycles. The second-order valence-electron chi connectivity index (χ2n) is 8.69. The molecule has 0 saturated heterocycles. The molecule has 4 rings (SSSR count). The third kappa shape index (κ3) is 5.78. The molecule has 0 aliphatic rings. The molecular weight excluding hydrogens is 543 g/mol. The molecule has 0 spiro atoms. The maximum absolute atomic E-state index is 13.5. The van der Waals surface area contributed by atoms with Gasteiger partial charge in [-0.1, -0.05) is 59.6 Å². The predicted molar refractivity (Wildman–Crippen MR) is 153 cm³/mol. The van der Waals surface area contributed by atoms with Crippen LogP contribution >= 0.6 is 23.2 Å². The summed E-state index contributed by atoms with van der Waals surface area (Å²) < 4.78 is 30.0. The summed E-state index contributed by atoms with van der Waals surface area (Å²) in [5.74, 6) is -0.649. The number of hydrogen-bond acceptors (Lipinski definition) is 4. The Morgan fingerprint density at radius 1 is 0.974 bits per heavy atom. The number of hydrazone groups is 1. The van der Waals surface area contributed by atoms with Gasteiger partial charge >= 0.3 is 0 Å². The van der Waals surface area contributed by atoms with Gasteiger partial charge in [0.1, 0.15) is 6.54 Å². The third-order valence-corrected chi connectivity index (χ3v) is 8.52. The van der Waals surface area contributed by atoms with Crippen LogP contribution in [0.15, 0.2) is 88.9 Å². The minimum Gasteiger partial charge on any atom is -0.318 e. The summed E-state index contributed by atoms with van der Waals surface area (Å²) in [6.07, 6.45) is 1.54. The molecule has 0 aliphatic heterocycles. The molecule has 1 aromatic heterocycles. The number of nitrogens with one attached hydrogen (secondary N) is 1. The molecule has 0 aliphatic carbocycles. The molecule has 7 nitrogen and oxygen atoms in total. The fourth-order valence-electron chi connectivity index (χ4n) is 4.13. The maximum Gasteiger partial charge on any atom is 0.264 e. The number of halogens is 2. The number of benzene rings is 3. The van der Waals surface area contributed by atoms with Crippen LogP contribution in [0.3, 0.4) is 0 Å². The first-order valence-corrected chi connectivity index (χ1v) is 13.9. The van der Waals surface area contributed by atoms with Gasteiger partial charge in [-0.2, -0.15) is 5.10 Å². The second kappa shape index (κ2) is 11.4. The van der Waals surface area contributed by atoms with Gasteiger partial charge in [0, 0.05) is 22.6 Å². The molecule has 0 atom stereocenters. The Labute approximate surface area is 232 Å². The van der Waals surface area contributed by atoms with E-state index in [-0.39, 0.29) is 20.6 Å². The van der Waals surface area contributed by atoms with E-state index < -0.39 is 22.5 Å². The van der Waals surface area contributed by atoms with Crippen molar-refractivity contribution >= 4 is 51.0 Å². The van der Waals surface area contributed by atoms with E-state index in [0.29, 0.717) is 0 Å². The van der Waals surface area contributed by atoms with Gasteiger partial charge in [-0.3, -0.25) is 9.10 Å². The topological polar surface area (TPSA) is 83.8 Å². The molecule has 0 fully saturated rings. The van der Waals surface area contributed by atoms with Gasteiger partial charge in [-0.15, -0.1) is 0 Å². The van der Waals surface area contributed by atoms with Gasteiger partial charge < -0.3 is 4.57 Å². The zero-order valence-corrected chi connectivity index (χ0v) is 23.3. The van der Waals surface area contributed by atoms with E-state index >= 15 is 0 Å². The fraction of sp³-hybridized carbons (Fsp3) is 0.143. The van der Waals surface area contributed by atoms with E-state index in [1.807, 2.05) is 45.0 Å². The number of anilines is 1. The molecule has 0 saturated carbocycles. The number of aromatic nitrogens is 1. The number of carbonyl (C=O) groups excluding carboxylic acids is 1. The van der Waals surface area contributed by atoms with Crippen LogP contribution < -0.4 is 9.73 Å². The molecule has 3 aromatic carbocycles. The summed E-state index contributed by atoms with van der Waals surface area (Å²) in [7, 11) is -4.13. The number of rotatable bonds is 8. The number of amides is 1. The highest BCUT2D eigenvalue weighted by atomic mass is 35.5. The summed E-state index contributed by atoms with van der Waals surface area (Å²) >= 11 is 12.5. The Morgan fingerprint density at radius 3 is 2.39 bits per heavy atom. The lowest BCUT2D eigenvalue weighted by molar-refractivity contribution is -0.119. The predicted octanol–water partition coefficient (Wildman–Crippen LogP) is 6.05. The molecule has 38 heavy (non-hydrogen) atoms. The lowest BCUT2D eigenvalue weighted by atomic mass is 10.2. The second-order valence-corrected chi connectivity index (χ2v) is 11.3. The minimum atomic E-state index is -4.13. The fourth-order valence-corrected chi connectivity index (χ4v) is 6.03. The first-order valence-electron chi connectivity index (χ1n) is 11.7. The quantitative estimate of drug-likeness (QED) is 0.207. The summed E-state index contributed by atoms with van der Waals surface area (Å²) in [5.41, 5.74) is 7.47. The van der Waals surface area contributed by atoms with Crippen LogP contribution in [0.5, 0.6) is 0 Å². The van der Waals surface area contributed by atoms with Crippen LogP contribution in [0, 0.1) is 20.8 Å². The van der Waals surface area contributed by atoms with Crippen LogP contribution in [0.25, 0.3) is 5.69 Å². The van der Waals surface area contributed by atoms with Crippen LogP contribution in [-0.4, -0.2) is 31.7 Å². The molecule has 10 heteroatoms.